The molecule has 2 fully saturated rings. The molecule has 5 heteroatoms. The van der Waals surface area contributed by atoms with Crippen LogP contribution in [0.1, 0.15) is 35.6 Å². The van der Waals surface area contributed by atoms with Gasteiger partial charge in [0.05, 0.1) is 5.03 Å². The van der Waals surface area contributed by atoms with Crippen LogP contribution >= 0.6 is 23.1 Å². The van der Waals surface area contributed by atoms with E-state index in [9.17, 15) is 9.90 Å². The Morgan fingerprint density at radius 1 is 1.14 bits per heavy atom. The van der Waals surface area contributed by atoms with E-state index in [-0.39, 0.29) is 4.87 Å². The fourth-order valence-corrected chi connectivity index (χ4v) is 7.80. The Morgan fingerprint density at radius 3 is 2.73 bits per heavy atom. The molecular formula is C17H17NO2S2. The number of aromatic nitrogens is 1. The van der Waals surface area contributed by atoms with E-state index in [1.807, 2.05) is 23.9 Å². The van der Waals surface area contributed by atoms with Crippen LogP contribution in [0.4, 0.5) is 0 Å². The maximum Gasteiger partial charge on any atom is 0.305 e. The number of benzene rings is 1. The zero-order valence-corrected chi connectivity index (χ0v) is 13.6. The highest BCUT2D eigenvalue weighted by molar-refractivity contribution is 8.00. The van der Waals surface area contributed by atoms with Crippen LogP contribution in [-0.4, -0.2) is 15.3 Å². The lowest BCUT2D eigenvalue weighted by Crippen LogP contribution is -2.33. The molecule has 1 aromatic heterocycles. The SMILES string of the molecule is O=c1[nH]c2c(s1)[C@H](c1ccc(O)cc1)[C@@H]1[C@@H]3CC[C@H](C3)[C@@H]1S2. The molecule has 5 atom stereocenters. The third kappa shape index (κ3) is 1.78. The first-order valence-electron chi connectivity index (χ1n) is 7.89. The predicted molar refractivity (Wildman–Crippen MR) is 88.9 cm³/mol. The molecule has 22 heavy (non-hydrogen) atoms. The van der Waals surface area contributed by atoms with Crippen LogP contribution in [0.5, 0.6) is 5.75 Å². The molecule has 2 saturated carbocycles. The summed E-state index contributed by atoms with van der Waals surface area (Å²) in [7, 11) is 0. The van der Waals surface area contributed by atoms with Crippen LogP contribution in [0.15, 0.2) is 34.1 Å². The predicted octanol–water partition coefficient (Wildman–Crippen LogP) is 3.79. The van der Waals surface area contributed by atoms with Crippen molar-refractivity contribution in [2.24, 2.45) is 17.8 Å². The summed E-state index contributed by atoms with van der Waals surface area (Å²) in [5, 5.41) is 11.3. The Labute approximate surface area is 136 Å². The summed E-state index contributed by atoms with van der Waals surface area (Å²) >= 11 is 3.30. The molecule has 2 heterocycles. The van der Waals surface area contributed by atoms with Gasteiger partial charge in [0.2, 0.25) is 0 Å². The number of aromatic amines is 1. The number of hydrogen-bond donors (Lipinski definition) is 2. The average Bonchev–Trinajstić information content (AvgIpc) is 3.19. The number of phenolic OH excluding ortho intramolecular Hbond substituents is 1. The second-order valence-electron chi connectivity index (χ2n) is 6.77. The third-order valence-corrected chi connectivity index (χ3v) is 8.34. The molecule has 0 spiro atoms. The number of aromatic hydroxyl groups is 1. The van der Waals surface area contributed by atoms with Gasteiger partial charge in [-0.3, -0.25) is 4.79 Å². The highest BCUT2D eigenvalue weighted by Crippen LogP contribution is 2.63. The number of thiazole rings is 1. The monoisotopic (exact) mass is 331 g/mol. The Morgan fingerprint density at radius 2 is 1.91 bits per heavy atom. The zero-order chi connectivity index (χ0) is 14.8. The third-order valence-electron chi connectivity index (χ3n) is 5.72. The van der Waals surface area contributed by atoms with Gasteiger partial charge in [0.15, 0.2) is 0 Å². The van der Waals surface area contributed by atoms with Crippen molar-refractivity contribution >= 4 is 23.1 Å². The molecule has 3 aliphatic rings. The molecule has 0 amide bonds. The highest BCUT2D eigenvalue weighted by Gasteiger charge is 2.54. The summed E-state index contributed by atoms with van der Waals surface area (Å²) < 4.78 is 0. The molecule has 2 aromatic rings. The second kappa shape index (κ2) is 4.65. The number of H-pyrrole nitrogens is 1. The van der Waals surface area contributed by atoms with E-state index in [0.29, 0.717) is 22.8 Å². The van der Waals surface area contributed by atoms with Gasteiger partial charge in [0, 0.05) is 16.0 Å². The van der Waals surface area contributed by atoms with E-state index >= 15 is 0 Å². The molecule has 1 aromatic carbocycles. The number of nitrogens with one attached hydrogen (secondary N) is 1. The number of phenols is 1. The van der Waals surface area contributed by atoms with Gasteiger partial charge in [-0.2, -0.15) is 0 Å². The van der Waals surface area contributed by atoms with Gasteiger partial charge in [-0.05, 0) is 54.7 Å². The van der Waals surface area contributed by atoms with Crippen LogP contribution in [0, 0.1) is 17.8 Å². The summed E-state index contributed by atoms with van der Waals surface area (Å²) in [6, 6.07) is 7.61. The molecule has 3 nitrogen and oxygen atoms in total. The molecule has 2 aliphatic carbocycles. The quantitative estimate of drug-likeness (QED) is 0.836. The minimum atomic E-state index is 0.0635. The van der Waals surface area contributed by atoms with E-state index in [4.69, 9.17) is 0 Å². The zero-order valence-electron chi connectivity index (χ0n) is 12.0. The molecule has 5 rings (SSSR count). The molecule has 0 unspecified atom stereocenters. The fourth-order valence-electron chi connectivity index (χ4n) is 4.90. The van der Waals surface area contributed by atoms with E-state index in [2.05, 4.69) is 4.98 Å². The lowest BCUT2D eigenvalue weighted by molar-refractivity contribution is 0.307. The molecule has 114 valence electrons. The molecule has 1 aliphatic heterocycles. The van der Waals surface area contributed by atoms with Crippen LogP contribution in [0.3, 0.4) is 0 Å². The normalized spacial score (nSPS) is 35.4. The second-order valence-corrected chi connectivity index (χ2v) is 8.97. The Kier molecular flexibility index (Phi) is 2.80. The lowest BCUT2D eigenvalue weighted by Gasteiger charge is -2.40. The summed E-state index contributed by atoms with van der Waals surface area (Å²) in [5.41, 5.74) is 1.25. The van der Waals surface area contributed by atoms with Crippen LogP contribution in [0.25, 0.3) is 0 Å². The number of rotatable bonds is 1. The van der Waals surface area contributed by atoms with Crippen LogP contribution in [-0.2, 0) is 0 Å². The topological polar surface area (TPSA) is 53.1 Å². The van der Waals surface area contributed by atoms with Crippen LogP contribution in [0.2, 0.25) is 0 Å². The first kappa shape index (κ1) is 13.3. The fraction of sp³-hybridized carbons (Fsp3) is 0.471. The van der Waals surface area contributed by atoms with Crippen molar-refractivity contribution in [2.45, 2.75) is 35.5 Å². The van der Waals surface area contributed by atoms with Crippen molar-refractivity contribution < 1.29 is 5.11 Å². The number of hydrogen-bond acceptors (Lipinski definition) is 4. The van der Waals surface area contributed by atoms with Crippen molar-refractivity contribution in [1.82, 2.24) is 4.98 Å². The van der Waals surface area contributed by atoms with Gasteiger partial charge in [-0.15, -0.1) is 11.8 Å². The van der Waals surface area contributed by atoms with Crippen molar-refractivity contribution in [1.29, 1.82) is 0 Å². The first-order chi connectivity index (χ1) is 10.7. The summed E-state index contributed by atoms with van der Waals surface area (Å²) in [4.78, 5) is 16.2. The number of thioether (sulfide) groups is 1. The van der Waals surface area contributed by atoms with Crippen molar-refractivity contribution in [2.75, 3.05) is 0 Å². The Hall–Kier alpha value is -1.20. The maximum atomic E-state index is 11.9. The van der Waals surface area contributed by atoms with E-state index in [1.54, 1.807) is 12.1 Å². The van der Waals surface area contributed by atoms with Gasteiger partial charge >= 0.3 is 4.87 Å². The van der Waals surface area contributed by atoms with E-state index in [0.717, 1.165) is 16.9 Å². The molecule has 2 N–H and O–H groups in total. The van der Waals surface area contributed by atoms with Crippen LogP contribution < -0.4 is 4.87 Å². The minimum absolute atomic E-state index is 0.0635. The van der Waals surface area contributed by atoms with Gasteiger partial charge < -0.3 is 10.1 Å². The summed E-state index contributed by atoms with van der Waals surface area (Å²) in [5.74, 6) is 2.89. The number of fused-ring (bicyclic) bond motifs is 6. The lowest BCUT2D eigenvalue weighted by atomic mass is 9.75. The Balaban J connectivity index is 1.68. The van der Waals surface area contributed by atoms with Gasteiger partial charge in [-0.1, -0.05) is 23.5 Å². The van der Waals surface area contributed by atoms with E-state index in [1.165, 1.54) is 41.0 Å². The van der Waals surface area contributed by atoms with Crippen molar-refractivity contribution in [3.63, 3.8) is 0 Å². The molecule has 0 radical (unpaired) electrons. The standard InChI is InChI=1S/C17H17NO2S2/c19-11-5-3-8(4-6-11)12-13-9-1-2-10(7-9)14(13)21-16-15(12)22-17(20)18-16/h3-6,9-10,12-14,19H,1-2,7H2,(H,18,20)/t9-,10-,12-,13+,14+/m1/s1. The highest BCUT2D eigenvalue weighted by atomic mass is 32.2. The minimum Gasteiger partial charge on any atom is -0.508 e. The largest absolute Gasteiger partial charge is 0.508 e. The van der Waals surface area contributed by atoms with Gasteiger partial charge in [0.1, 0.15) is 5.75 Å². The Bertz CT molecular complexity index is 779. The van der Waals surface area contributed by atoms with Gasteiger partial charge in [0.25, 0.3) is 0 Å². The summed E-state index contributed by atoms with van der Waals surface area (Å²) in [6.45, 7) is 0. The van der Waals surface area contributed by atoms with E-state index < -0.39 is 0 Å². The van der Waals surface area contributed by atoms with Crippen molar-refractivity contribution in [3.8, 4) is 5.75 Å². The smallest absolute Gasteiger partial charge is 0.305 e. The molecule has 2 bridgehead atoms. The molecule has 0 saturated heterocycles. The maximum absolute atomic E-state index is 11.9. The van der Waals surface area contributed by atoms with Gasteiger partial charge in [-0.25, -0.2) is 0 Å². The van der Waals surface area contributed by atoms with Crippen molar-refractivity contribution in [3.05, 3.63) is 44.4 Å². The average molecular weight is 331 g/mol. The first-order valence-corrected chi connectivity index (χ1v) is 9.59. The molecular weight excluding hydrogens is 314 g/mol. The summed E-state index contributed by atoms with van der Waals surface area (Å²) in [6.07, 6.45) is 4.05.